The van der Waals surface area contributed by atoms with E-state index in [1.807, 2.05) is 24.3 Å². The fourth-order valence-corrected chi connectivity index (χ4v) is 2.48. The molecule has 0 aliphatic carbocycles. The minimum atomic E-state index is -0.353. The molecular weight excluding hydrogens is 278 g/mol. The minimum absolute atomic E-state index is 0.296. The normalized spacial score (nSPS) is 11.9. The number of carbonyl (C=O) groups excluding carboxylic acids is 1. The Labute approximate surface area is 121 Å². The van der Waals surface area contributed by atoms with Crippen molar-refractivity contribution in [1.29, 1.82) is 0 Å². The van der Waals surface area contributed by atoms with Gasteiger partial charge in [0.15, 0.2) is 5.16 Å². The predicted molar refractivity (Wildman–Crippen MR) is 75.2 cm³/mol. The minimum Gasteiger partial charge on any atom is -0.497 e. The van der Waals surface area contributed by atoms with Crippen LogP contribution in [0.1, 0.15) is 6.92 Å². The fraction of sp³-hybridized carbons (Fsp3) is 0.308. The SMILES string of the molecule is COC(=O)[C@H](C)Sc1nncn1-c1cccc(OC)c1. The molecule has 0 fully saturated rings. The Hall–Kier alpha value is -2.02. The van der Waals surface area contributed by atoms with Gasteiger partial charge in [0.25, 0.3) is 0 Å². The first-order chi connectivity index (χ1) is 9.65. The number of aromatic nitrogens is 3. The van der Waals surface area contributed by atoms with E-state index in [0.717, 1.165) is 11.4 Å². The van der Waals surface area contributed by atoms with E-state index in [0.29, 0.717) is 5.16 Å². The van der Waals surface area contributed by atoms with E-state index in [-0.39, 0.29) is 11.2 Å². The summed E-state index contributed by atoms with van der Waals surface area (Å²) in [6.07, 6.45) is 1.60. The van der Waals surface area contributed by atoms with Gasteiger partial charge in [0, 0.05) is 6.07 Å². The average molecular weight is 293 g/mol. The van der Waals surface area contributed by atoms with Gasteiger partial charge in [-0.05, 0) is 19.1 Å². The maximum atomic E-state index is 11.5. The summed E-state index contributed by atoms with van der Waals surface area (Å²) in [5.41, 5.74) is 0.869. The van der Waals surface area contributed by atoms with Crippen molar-refractivity contribution in [2.45, 2.75) is 17.3 Å². The van der Waals surface area contributed by atoms with E-state index in [9.17, 15) is 4.79 Å². The van der Waals surface area contributed by atoms with Gasteiger partial charge in [0.1, 0.15) is 17.3 Å². The third-order valence-corrected chi connectivity index (χ3v) is 3.70. The first-order valence-corrected chi connectivity index (χ1v) is 6.82. The van der Waals surface area contributed by atoms with Gasteiger partial charge < -0.3 is 9.47 Å². The second-order valence-electron chi connectivity index (χ2n) is 3.97. The molecule has 0 bridgehead atoms. The summed E-state index contributed by atoms with van der Waals surface area (Å²) in [6, 6.07) is 7.53. The van der Waals surface area contributed by atoms with Gasteiger partial charge in [-0.25, -0.2) is 0 Å². The van der Waals surface area contributed by atoms with E-state index < -0.39 is 0 Å². The van der Waals surface area contributed by atoms with E-state index >= 15 is 0 Å². The lowest BCUT2D eigenvalue weighted by molar-refractivity contribution is -0.139. The molecule has 1 atom stereocenters. The predicted octanol–water partition coefficient (Wildman–Crippen LogP) is 1.93. The molecule has 0 radical (unpaired) electrons. The van der Waals surface area contributed by atoms with Gasteiger partial charge in [0.2, 0.25) is 0 Å². The van der Waals surface area contributed by atoms with Gasteiger partial charge in [-0.2, -0.15) is 0 Å². The van der Waals surface area contributed by atoms with Crippen molar-refractivity contribution in [3.05, 3.63) is 30.6 Å². The second-order valence-corrected chi connectivity index (χ2v) is 5.28. The van der Waals surface area contributed by atoms with Crippen molar-refractivity contribution >= 4 is 17.7 Å². The third-order valence-electron chi connectivity index (χ3n) is 2.66. The van der Waals surface area contributed by atoms with Crippen molar-refractivity contribution in [3.8, 4) is 11.4 Å². The highest BCUT2D eigenvalue weighted by atomic mass is 32.2. The fourth-order valence-electron chi connectivity index (χ4n) is 1.61. The van der Waals surface area contributed by atoms with Crippen LogP contribution in [0.5, 0.6) is 5.75 Å². The molecular formula is C13H15N3O3S. The Kier molecular flexibility index (Phi) is 4.62. The van der Waals surface area contributed by atoms with Crippen LogP contribution in [0.15, 0.2) is 35.7 Å². The number of esters is 1. The quantitative estimate of drug-likeness (QED) is 0.620. The van der Waals surface area contributed by atoms with Gasteiger partial charge >= 0.3 is 5.97 Å². The number of thioether (sulfide) groups is 1. The summed E-state index contributed by atoms with van der Waals surface area (Å²) in [5.74, 6) is 0.448. The Balaban J connectivity index is 2.26. The molecule has 0 unspecified atom stereocenters. The molecule has 0 aliphatic heterocycles. The monoisotopic (exact) mass is 293 g/mol. The summed E-state index contributed by atoms with van der Waals surface area (Å²) in [4.78, 5) is 11.5. The molecule has 0 N–H and O–H groups in total. The van der Waals surface area contributed by atoms with E-state index in [2.05, 4.69) is 10.2 Å². The molecule has 0 amide bonds. The zero-order chi connectivity index (χ0) is 14.5. The summed E-state index contributed by atoms with van der Waals surface area (Å²) >= 11 is 1.29. The maximum Gasteiger partial charge on any atom is 0.318 e. The van der Waals surface area contributed by atoms with Gasteiger partial charge in [-0.3, -0.25) is 9.36 Å². The first-order valence-electron chi connectivity index (χ1n) is 5.94. The third kappa shape index (κ3) is 3.11. The number of rotatable bonds is 5. The van der Waals surface area contributed by atoms with Crippen molar-refractivity contribution in [1.82, 2.24) is 14.8 Å². The molecule has 2 rings (SSSR count). The zero-order valence-corrected chi connectivity index (χ0v) is 12.3. The van der Waals surface area contributed by atoms with Gasteiger partial charge in [0.05, 0.1) is 19.9 Å². The van der Waals surface area contributed by atoms with Crippen LogP contribution in [-0.4, -0.2) is 40.2 Å². The van der Waals surface area contributed by atoms with Crippen LogP contribution >= 0.6 is 11.8 Å². The molecule has 0 saturated carbocycles. The largest absolute Gasteiger partial charge is 0.497 e. The van der Waals surface area contributed by atoms with Crippen LogP contribution in [0, 0.1) is 0 Å². The number of methoxy groups -OCH3 is 2. The first kappa shape index (κ1) is 14.4. The number of hydrogen-bond acceptors (Lipinski definition) is 6. The number of benzene rings is 1. The second kappa shape index (κ2) is 6.42. The molecule has 7 heteroatoms. The molecule has 106 valence electrons. The standard InChI is InChI=1S/C13H15N3O3S/c1-9(12(17)19-3)20-13-15-14-8-16(13)10-5-4-6-11(7-10)18-2/h4-9H,1-3H3/t9-/m0/s1. The summed E-state index contributed by atoms with van der Waals surface area (Å²) in [5, 5.41) is 8.19. The lowest BCUT2D eigenvalue weighted by Gasteiger charge is -2.10. The smallest absolute Gasteiger partial charge is 0.318 e. The Bertz CT molecular complexity index is 600. The van der Waals surface area contributed by atoms with Crippen LogP contribution in [0.2, 0.25) is 0 Å². The molecule has 0 saturated heterocycles. The zero-order valence-electron chi connectivity index (χ0n) is 11.4. The molecule has 1 aromatic heterocycles. The van der Waals surface area contributed by atoms with Crippen LogP contribution in [0.25, 0.3) is 5.69 Å². The Morgan fingerprint density at radius 1 is 1.40 bits per heavy atom. The van der Waals surface area contributed by atoms with Crippen LogP contribution in [0.4, 0.5) is 0 Å². The lowest BCUT2D eigenvalue weighted by atomic mass is 10.3. The van der Waals surface area contributed by atoms with E-state index in [4.69, 9.17) is 9.47 Å². The topological polar surface area (TPSA) is 66.2 Å². The number of ether oxygens (including phenoxy) is 2. The molecule has 1 aromatic carbocycles. The van der Waals surface area contributed by atoms with Crippen LogP contribution in [0.3, 0.4) is 0 Å². The van der Waals surface area contributed by atoms with Gasteiger partial charge in [-0.15, -0.1) is 10.2 Å². The molecule has 0 aliphatic rings. The molecule has 20 heavy (non-hydrogen) atoms. The molecule has 6 nitrogen and oxygen atoms in total. The molecule has 1 heterocycles. The Morgan fingerprint density at radius 3 is 2.90 bits per heavy atom. The number of nitrogens with zero attached hydrogens (tertiary/aromatic N) is 3. The highest BCUT2D eigenvalue weighted by Gasteiger charge is 2.18. The van der Waals surface area contributed by atoms with E-state index in [1.54, 1.807) is 24.9 Å². The van der Waals surface area contributed by atoms with Crippen LogP contribution in [-0.2, 0) is 9.53 Å². The number of hydrogen-bond donors (Lipinski definition) is 0. The summed E-state index contributed by atoms with van der Waals surface area (Å²) in [6.45, 7) is 1.76. The van der Waals surface area contributed by atoms with Crippen molar-refractivity contribution < 1.29 is 14.3 Å². The molecule has 2 aromatic rings. The maximum absolute atomic E-state index is 11.5. The Morgan fingerprint density at radius 2 is 2.20 bits per heavy atom. The van der Waals surface area contributed by atoms with Crippen molar-refractivity contribution in [2.75, 3.05) is 14.2 Å². The van der Waals surface area contributed by atoms with Crippen LogP contribution < -0.4 is 4.74 Å². The van der Waals surface area contributed by atoms with Crippen molar-refractivity contribution in [3.63, 3.8) is 0 Å². The molecule has 0 spiro atoms. The summed E-state index contributed by atoms with van der Waals surface area (Å²) in [7, 11) is 2.98. The highest BCUT2D eigenvalue weighted by Crippen LogP contribution is 2.25. The lowest BCUT2D eigenvalue weighted by Crippen LogP contribution is -2.15. The summed E-state index contributed by atoms with van der Waals surface area (Å²) < 4.78 is 11.7. The van der Waals surface area contributed by atoms with Crippen molar-refractivity contribution in [2.24, 2.45) is 0 Å². The average Bonchev–Trinajstić information content (AvgIpc) is 2.94. The number of carbonyl (C=O) groups is 1. The highest BCUT2D eigenvalue weighted by molar-refractivity contribution is 8.00. The van der Waals surface area contributed by atoms with E-state index in [1.165, 1.54) is 18.9 Å². The van der Waals surface area contributed by atoms with Gasteiger partial charge in [-0.1, -0.05) is 17.8 Å².